The molecule has 98 valence electrons. The van der Waals surface area contributed by atoms with Crippen molar-refractivity contribution < 1.29 is 23.5 Å². The van der Waals surface area contributed by atoms with Crippen molar-refractivity contribution in [1.82, 2.24) is 5.32 Å². The Kier molecular flexibility index (Phi) is 5.10. The lowest BCUT2D eigenvalue weighted by Crippen LogP contribution is -2.42. The predicted molar refractivity (Wildman–Crippen MR) is 61.4 cm³/mol. The molecule has 0 aliphatic rings. The Bertz CT molecular complexity index is 419. The molecule has 6 heteroatoms. The van der Waals surface area contributed by atoms with Crippen LogP contribution in [0.25, 0.3) is 0 Å². The van der Waals surface area contributed by atoms with Crippen LogP contribution in [-0.4, -0.2) is 32.3 Å². The second-order valence-corrected chi connectivity index (χ2v) is 3.54. The van der Waals surface area contributed by atoms with E-state index < -0.39 is 18.1 Å². The molecule has 0 aliphatic carbocycles. The van der Waals surface area contributed by atoms with Crippen LogP contribution < -0.4 is 5.32 Å². The van der Waals surface area contributed by atoms with Crippen molar-refractivity contribution in [2.75, 3.05) is 14.2 Å². The molecule has 1 N–H and O–H groups in total. The number of methoxy groups -OCH3 is 2. The van der Waals surface area contributed by atoms with E-state index in [2.05, 4.69) is 14.8 Å². The second-order valence-electron chi connectivity index (χ2n) is 3.54. The van der Waals surface area contributed by atoms with Crippen molar-refractivity contribution >= 4 is 12.1 Å². The first-order chi connectivity index (χ1) is 8.56. The number of benzene rings is 1. The largest absolute Gasteiger partial charge is 0.467 e. The van der Waals surface area contributed by atoms with E-state index in [-0.39, 0.29) is 12.2 Å². The van der Waals surface area contributed by atoms with Crippen molar-refractivity contribution in [2.24, 2.45) is 0 Å². The molecule has 0 radical (unpaired) electrons. The van der Waals surface area contributed by atoms with Gasteiger partial charge in [0, 0.05) is 6.42 Å². The number of hydrogen-bond acceptors (Lipinski definition) is 4. The van der Waals surface area contributed by atoms with Crippen molar-refractivity contribution in [3.63, 3.8) is 0 Å². The summed E-state index contributed by atoms with van der Waals surface area (Å²) < 4.78 is 21.7. The normalized spacial score (nSPS) is 11.5. The number of carbonyl (C=O) groups excluding carboxylic acids is 2. The van der Waals surface area contributed by atoms with Gasteiger partial charge >= 0.3 is 12.1 Å². The summed E-state index contributed by atoms with van der Waals surface area (Å²) in [4.78, 5) is 22.6. The molecular weight excluding hydrogens is 241 g/mol. The van der Waals surface area contributed by atoms with Gasteiger partial charge in [0.1, 0.15) is 11.9 Å². The highest BCUT2D eigenvalue weighted by atomic mass is 19.1. The average Bonchev–Trinajstić information content (AvgIpc) is 2.39. The third-order valence-corrected chi connectivity index (χ3v) is 2.32. The van der Waals surface area contributed by atoms with E-state index in [0.717, 1.165) is 0 Å². The molecule has 1 amide bonds. The highest BCUT2D eigenvalue weighted by Gasteiger charge is 2.22. The minimum atomic E-state index is -0.868. The number of halogens is 1. The van der Waals surface area contributed by atoms with Gasteiger partial charge in [-0.2, -0.15) is 0 Å². The fourth-order valence-corrected chi connectivity index (χ4v) is 1.39. The quantitative estimate of drug-likeness (QED) is 0.823. The van der Waals surface area contributed by atoms with Gasteiger partial charge in [0.25, 0.3) is 0 Å². The van der Waals surface area contributed by atoms with Crippen LogP contribution in [0.2, 0.25) is 0 Å². The lowest BCUT2D eigenvalue weighted by atomic mass is 10.1. The molecule has 0 aliphatic heterocycles. The van der Waals surface area contributed by atoms with Gasteiger partial charge in [0.15, 0.2) is 0 Å². The first-order valence-corrected chi connectivity index (χ1v) is 5.23. The highest BCUT2D eigenvalue weighted by Crippen LogP contribution is 2.07. The summed E-state index contributed by atoms with van der Waals surface area (Å²) in [6, 6.07) is 4.76. The number of hydrogen-bond donors (Lipinski definition) is 1. The van der Waals surface area contributed by atoms with Crippen LogP contribution in [0.15, 0.2) is 24.3 Å². The minimum Gasteiger partial charge on any atom is -0.467 e. The summed E-state index contributed by atoms with van der Waals surface area (Å²) in [6.07, 6.45) is -0.533. The SMILES string of the molecule is COC(=O)NC(Cc1ccc(F)cc1)C(=O)OC. The molecule has 0 spiro atoms. The Morgan fingerprint density at radius 1 is 1.22 bits per heavy atom. The zero-order valence-electron chi connectivity index (χ0n) is 10.1. The number of amides is 1. The molecule has 1 aromatic rings. The van der Waals surface area contributed by atoms with Crippen LogP contribution in [0.4, 0.5) is 9.18 Å². The van der Waals surface area contributed by atoms with Gasteiger partial charge in [0.2, 0.25) is 0 Å². The average molecular weight is 255 g/mol. The first kappa shape index (κ1) is 14.0. The molecule has 0 heterocycles. The van der Waals surface area contributed by atoms with Gasteiger partial charge in [-0.25, -0.2) is 14.0 Å². The van der Waals surface area contributed by atoms with Gasteiger partial charge in [-0.05, 0) is 17.7 Å². The molecule has 1 aromatic carbocycles. The number of ether oxygens (including phenoxy) is 2. The molecule has 1 atom stereocenters. The molecule has 0 bridgehead atoms. The Balaban J connectivity index is 2.74. The third-order valence-electron chi connectivity index (χ3n) is 2.32. The van der Waals surface area contributed by atoms with Crippen molar-refractivity contribution in [3.8, 4) is 0 Å². The number of alkyl carbamates (subject to hydrolysis) is 1. The monoisotopic (exact) mass is 255 g/mol. The highest BCUT2D eigenvalue weighted by molar-refractivity contribution is 5.81. The number of esters is 1. The van der Waals surface area contributed by atoms with E-state index >= 15 is 0 Å². The Labute approximate surface area is 104 Å². The molecule has 0 saturated heterocycles. The summed E-state index contributed by atoms with van der Waals surface area (Å²) in [5.41, 5.74) is 0.697. The van der Waals surface area contributed by atoms with Crippen LogP contribution in [0.5, 0.6) is 0 Å². The zero-order valence-corrected chi connectivity index (χ0v) is 10.1. The van der Waals surface area contributed by atoms with Crippen molar-refractivity contribution in [1.29, 1.82) is 0 Å². The van der Waals surface area contributed by atoms with Crippen molar-refractivity contribution in [2.45, 2.75) is 12.5 Å². The lowest BCUT2D eigenvalue weighted by Gasteiger charge is -2.15. The van der Waals surface area contributed by atoms with Gasteiger partial charge < -0.3 is 14.8 Å². The van der Waals surface area contributed by atoms with Crippen LogP contribution in [0.3, 0.4) is 0 Å². The smallest absolute Gasteiger partial charge is 0.407 e. The van der Waals surface area contributed by atoms with Gasteiger partial charge in [-0.15, -0.1) is 0 Å². The van der Waals surface area contributed by atoms with Crippen molar-refractivity contribution in [3.05, 3.63) is 35.6 Å². The second kappa shape index (κ2) is 6.58. The third kappa shape index (κ3) is 4.04. The molecule has 0 saturated carbocycles. The number of nitrogens with one attached hydrogen (secondary N) is 1. The Morgan fingerprint density at radius 3 is 2.33 bits per heavy atom. The molecule has 18 heavy (non-hydrogen) atoms. The van der Waals surface area contributed by atoms with Gasteiger partial charge in [-0.1, -0.05) is 12.1 Å². The van der Waals surface area contributed by atoms with E-state index in [0.29, 0.717) is 5.56 Å². The standard InChI is InChI=1S/C12H14FNO4/c1-17-11(15)10(14-12(16)18-2)7-8-3-5-9(13)6-4-8/h3-6,10H,7H2,1-2H3,(H,14,16). The number of rotatable bonds is 4. The van der Waals surface area contributed by atoms with Gasteiger partial charge in [0.05, 0.1) is 14.2 Å². The first-order valence-electron chi connectivity index (χ1n) is 5.23. The summed E-state index contributed by atoms with van der Waals surface area (Å²) in [6.45, 7) is 0. The van der Waals surface area contributed by atoms with Crippen LogP contribution in [0.1, 0.15) is 5.56 Å². The maximum atomic E-state index is 12.7. The maximum absolute atomic E-state index is 12.7. The van der Waals surface area contributed by atoms with Crippen LogP contribution in [-0.2, 0) is 20.7 Å². The summed E-state index contributed by atoms with van der Waals surface area (Å²) >= 11 is 0. The zero-order chi connectivity index (χ0) is 13.5. The number of carbonyl (C=O) groups is 2. The van der Waals surface area contributed by atoms with E-state index in [1.165, 1.54) is 38.5 Å². The Hall–Kier alpha value is -2.11. The maximum Gasteiger partial charge on any atom is 0.407 e. The molecule has 1 rings (SSSR count). The summed E-state index contributed by atoms with van der Waals surface area (Å²) in [5, 5.41) is 2.35. The van der Waals surface area contributed by atoms with Crippen LogP contribution in [0, 0.1) is 5.82 Å². The topological polar surface area (TPSA) is 64.6 Å². The Morgan fingerprint density at radius 2 is 1.83 bits per heavy atom. The predicted octanol–water partition coefficient (Wildman–Crippen LogP) is 1.27. The summed E-state index contributed by atoms with van der Waals surface area (Å²) in [5.74, 6) is -0.959. The molecular formula is C12H14FNO4. The van der Waals surface area contributed by atoms with E-state index in [9.17, 15) is 14.0 Å². The summed E-state index contributed by atoms with van der Waals surface area (Å²) in [7, 11) is 2.42. The fraction of sp³-hybridized carbons (Fsp3) is 0.333. The van der Waals surface area contributed by atoms with Crippen LogP contribution >= 0.6 is 0 Å². The molecule has 1 unspecified atom stereocenters. The lowest BCUT2D eigenvalue weighted by molar-refractivity contribution is -0.142. The molecule has 5 nitrogen and oxygen atoms in total. The van der Waals surface area contributed by atoms with E-state index in [1.807, 2.05) is 0 Å². The minimum absolute atomic E-state index is 0.196. The molecule has 0 aromatic heterocycles. The van der Waals surface area contributed by atoms with E-state index in [4.69, 9.17) is 0 Å². The van der Waals surface area contributed by atoms with E-state index in [1.54, 1.807) is 0 Å². The van der Waals surface area contributed by atoms with Gasteiger partial charge in [-0.3, -0.25) is 0 Å². The fourth-order valence-electron chi connectivity index (χ4n) is 1.39. The molecule has 0 fully saturated rings.